The Balaban J connectivity index is 2.30. The van der Waals surface area contributed by atoms with Crippen molar-refractivity contribution < 1.29 is 13.9 Å². The van der Waals surface area contributed by atoms with Crippen LogP contribution < -0.4 is 10.2 Å². The van der Waals surface area contributed by atoms with Crippen LogP contribution in [0.2, 0.25) is 0 Å². The summed E-state index contributed by atoms with van der Waals surface area (Å²) >= 11 is 0. The average molecular weight is 244 g/mol. The van der Waals surface area contributed by atoms with E-state index in [-0.39, 0.29) is 11.2 Å². The van der Waals surface area contributed by atoms with E-state index in [4.69, 9.17) is 9.15 Å². The van der Waals surface area contributed by atoms with Gasteiger partial charge < -0.3 is 9.15 Å². The lowest BCUT2D eigenvalue weighted by atomic mass is 10.2. The van der Waals surface area contributed by atoms with Crippen LogP contribution in [0.3, 0.4) is 0 Å². The highest BCUT2D eigenvalue weighted by Crippen LogP contribution is 2.15. The molecule has 0 aliphatic heterocycles. The van der Waals surface area contributed by atoms with Crippen molar-refractivity contribution in [1.82, 2.24) is 0 Å². The summed E-state index contributed by atoms with van der Waals surface area (Å²) in [6.45, 7) is 1.82. The van der Waals surface area contributed by atoms with E-state index in [1.165, 1.54) is 12.3 Å². The average Bonchev–Trinajstić information content (AvgIpc) is 2.42. The number of ether oxygens (including phenoxy) is 1. The van der Waals surface area contributed by atoms with E-state index in [0.29, 0.717) is 17.7 Å². The highest BCUT2D eigenvalue weighted by molar-refractivity contribution is 5.91. The van der Waals surface area contributed by atoms with Gasteiger partial charge in [0.2, 0.25) is 11.2 Å². The Morgan fingerprint density at radius 3 is 2.61 bits per heavy atom. The van der Waals surface area contributed by atoms with Gasteiger partial charge in [0.05, 0.1) is 11.8 Å². The summed E-state index contributed by atoms with van der Waals surface area (Å²) in [6.07, 6.45) is 1.77. The fourth-order valence-electron chi connectivity index (χ4n) is 1.52. The number of aryl methyl sites for hydroxylation is 1. The summed E-state index contributed by atoms with van der Waals surface area (Å²) in [6, 6.07) is 9.73. The van der Waals surface area contributed by atoms with Crippen LogP contribution in [0, 0.1) is 0 Å². The molecule has 0 bridgehead atoms. The summed E-state index contributed by atoms with van der Waals surface area (Å²) in [5.41, 5.74) is 0.0326. The second-order valence-electron chi connectivity index (χ2n) is 3.65. The molecule has 0 atom stereocenters. The zero-order valence-corrected chi connectivity index (χ0v) is 9.88. The molecule has 0 aliphatic rings. The molecule has 1 aromatic heterocycles. The van der Waals surface area contributed by atoms with Crippen LogP contribution in [0.25, 0.3) is 0 Å². The van der Waals surface area contributed by atoms with Crippen LogP contribution in [-0.4, -0.2) is 5.97 Å². The summed E-state index contributed by atoms with van der Waals surface area (Å²) < 4.78 is 10.3. The summed E-state index contributed by atoms with van der Waals surface area (Å²) in [4.78, 5) is 23.5. The maximum Gasteiger partial charge on any atom is 0.343 e. The Bertz CT molecular complexity index is 599. The smallest absolute Gasteiger partial charge is 0.343 e. The normalized spacial score (nSPS) is 10.1. The Morgan fingerprint density at radius 2 is 1.94 bits per heavy atom. The predicted octanol–water partition coefficient (Wildman–Crippen LogP) is 2.42. The second-order valence-corrected chi connectivity index (χ2v) is 3.65. The maximum atomic E-state index is 11.8. The Morgan fingerprint density at radius 1 is 1.22 bits per heavy atom. The van der Waals surface area contributed by atoms with Gasteiger partial charge in [-0.2, -0.15) is 0 Å². The standard InChI is InChI=1S/C14H12O4/c1-2-12-13(11(15)8-9-17-12)18-14(16)10-6-4-3-5-7-10/h3-9H,2H2,1H3. The number of carbonyl (C=O) groups excluding carboxylic acids is 1. The van der Waals surface area contributed by atoms with Gasteiger partial charge in [-0.1, -0.05) is 25.1 Å². The van der Waals surface area contributed by atoms with E-state index in [2.05, 4.69) is 0 Å². The van der Waals surface area contributed by atoms with E-state index >= 15 is 0 Å². The van der Waals surface area contributed by atoms with E-state index in [9.17, 15) is 9.59 Å². The van der Waals surface area contributed by atoms with Crippen molar-refractivity contribution in [2.45, 2.75) is 13.3 Å². The molecule has 4 heteroatoms. The lowest BCUT2D eigenvalue weighted by Gasteiger charge is -2.06. The van der Waals surface area contributed by atoms with Gasteiger partial charge in [-0.25, -0.2) is 4.79 Å². The molecular formula is C14H12O4. The molecule has 0 saturated carbocycles. The van der Waals surface area contributed by atoms with Gasteiger partial charge in [0.25, 0.3) is 0 Å². The van der Waals surface area contributed by atoms with Gasteiger partial charge in [-0.05, 0) is 12.1 Å². The van der Waals surface area contributed by atoms with Crippen molar-refractivity contribution in [1.29, 1.82) is 0 Å². The number of hydrogen-bond donors (Lipinski definition) is 0. The fraction of sp³-hybridized carbons (Fsp3) is 0.143. The third kappa shape index (κ3) is 2.48. The first-order valence-corrected chi connectivity index (χ1v) is 5.60. The number of rotatable bonds is 3. The van der Waals surface area contributed by atoms with Gasteiger partial charge in [0, 0.05) is 12.5 Å². The molecule has 92 valence electrons. The lowest BCUT2D eigenvalue weighted by Crippen LogP contribution is -2.16. The molecule has 4 nitrogen and oxygen atoms in total. The zero-order valence-electron chi connectivity index (χ0n) is 9.88. The SMILES string of the molecule is CCc1occc(=O)c1OC(=O)c1ccccc1. The number of hydrogen-bond acceptors (Lipinski definition) is 4. The molecule has 1 aromatic carbocycles. The van der Waals surface area contributed by atoms with E-state index in [0.717, 1.165) is 0 Å². The number of esters is 1. The quantitative estimate of drug-likeness (QED) is 0.778. The molecule has 0 saturated heterocycles. The van der Waals surface area contributed by atoms with E-state index < -0.39 is 5.97 Å². The number of carbonyl (C=O) groups is 1. The zero-order chi connectivity index (χ0) is 13.0. The highest BCUT2D eigenvalue weighted by Gasteiger charge is 2.15. The maximum absolute atomic E-state index is 11.8. The van der Waals surface area contributed by atoms with Crippen LogP contribution in [0.4, 0.5) is 0 Å². The van der Waals surface area contributed by atoms with Crippen molar-refractivity contribution in [2.24, 2.45) is 0 Å². The molecule has 0 spiro atoms. The fourth-order valence-corrected chi connectivity index (χ4v) is 1.52. The monoisotopic (exact) mass is 244 g/mol. The van der Waals surface area contributed by atoms with Crippen molar-refractivity contribution in [2.75, 3.05) is 0 Å². The van der Waals surface area contributed by atoms with Crippen molar-refractivity contribution in [3.63, 3.8) is 0 Å². The van der Waals surface area contributed by atoms with Crippen LogP contribution in [0.1, 0.15) is 23.0 Å². The molecule has 0 N–H and O–H groups in total. The molecular weight excluding hydrogens is 232 g/mol. The molecule has 2 aromatic rings. The third-order valence-electron chi connectivity index (χ3n) is 2.43. The molecule has 2 rings (SSSR count). The first-order valence-electron chi connectivity index (χ1n) is 5.60. The van der Waals surface area contributed by atoms with Gasteiger partial charge in [0.15, 0.2) is 0 Å². The van der Waals surface area contributed by atoms with E-state index in [1.807, 2.05) is 6.92 Å². The Labute approximate surface area is 104 Å². The lowest BCUT2D eigenvalue weighted by molar-refractivity contribution is 0.0726. The molecule has 0 fully saturated rings. The van der Waals surface area contributed by atoms with Crippen molar-refractivity contribution in [3.8, 4) is 5.75 Å². The molecule has 18 heavy (non-hydrogen) atoms. The molecule has 0 radical (unpaired) electrons. The van der Waals surface area contributed by atoms with Crippen molar-refractivity contribution in [3.05, 3.63) is 64.2 Å². The van der Waals surface area contributed by atoms with Crippen molar-refractivity contribution >= 4 is 5.97 Å². The minimum Gasteiger partial charge on any atom is -0.465 e. The second kappa shape index (κ2) is 5.31. The molecule has 0 amide bonds. The number of benzene rings is 1. The molecule has 0 unspecified atom stereocenters. The topological polar surface area (TPSA) is 56.5 Å². The minimum absolute atomic E-state index is 0.0335. The largest absolute Gasteiger partial charge is 0.465 e. The van der Waals surface area contributed by atoms with Gasteiger partial charge in [-0.15, -0.1) is 0 Å². The summed E-state index contributed by atoms with van der Waals surface area (Å²) in [5, 5.41) is 0. The van der Waals surface area contributed by atoms with Crippen LogP contribution in [-0.2, 0) is 6.42 Å². The van der Waals surface area contributed by atoms with Crippen LogP contribution in [0.15, 0.2) is 51.9 Å². The van der Waals surface area contributed by atoms with Crippen LogP contribution >= 0.6 is 0 Å². The van der Waals surface area contributed by atoms with Gasteiger partial charge in [0.1, 0.15) is 5.76 Å². The summed E-state index contributed by atoms with van der Waals surface area (Å²) in [7, 11) is 0. The molecule has 0 aliphatic carbocycles. The molecule has 1 heterocycles. The predicted molar refractivity (Wildman–Crippen MR) is 65.8 cm³/mol. The minimum atomic E-state index is -0.566. The first-order chi connectivity index (χ1) is 8.72. The third-order valence-corrected chi connectivity index (χ3v) is 2.43. The van der Waals surface area contributed by atoms with E-state index in [1.54, 1.807) is 30.3 Å². The van der Waals surface area contributed by atoms with Crippen LogP contribution in [0.5, 0.6) is 5.75 Å². The first kappa shape index (κ1) is 12.1. The van der Waals surface area contributed by atoms with Gasteiger partial charge in [-0.3, -0.25) is 4.79 Å². The highest BCUT2D eigenvalue weighted by atomic mass is 16.5. The Hall–Kier alpha value is -2.36. The Kier molecular flexibility index (Phi) is 3.57. The summed E-state index contributed by atoms with van der Waals surface area (Å²) in [5.74, 6) is -0.232. The van der Waals surface area contributed by atoms with Gasteiger partial charge >= 0.3 is 5.97 Å².